The van der Waals surface area contributed by atoms with Gasteiger partial charge in [0.25, 0.3) is 5.56 Å². The molecule has 8 rings (SSSR count). The van der Waals surface area contributed by atoms with Gasteiger partial charge in [0.2, 0.25) is 10.0 Å². The molecule has 3 heterocycles. The van der Waals surface area contributed by atoms with Crippen LogP contribution in [0.3, 0.4) is 0 Å². The lowest BCUT2D eigenvalue weighted by Crippen LogP contribution is -2.40. The molecule has 252 valence electrons. The predicted octanol–water partition coefficient (Wildman–Crippen LogP) is 4.67. The molecule has 0 amide bonds. The van der Waals surface area contributed by atoms with Gasteiger partial charge in [-0.2, -0.15) is 0 Å². The lowest BCUT2D eigenvalue weighted by Gasteiger charge is -2.30. The Morgan fingerprint density at radius 3 is 2.43 bits per heavy atom. The van der Waals surface area contributed by atoms with E-state index in [-0.39, 0.29) is 39.5 Å². The molecule has 4 fully saturated rings. The monoisotopic (exact) mass is 686 g/mol. The quantitative estimate of drug-likeness (QED) is 0.183. The first kappa shape index (κ1) is 33.0. The third kappa shape index (κ3) is 6.02. The third-order valence-corrected chi connectivity index (χ3v) is 11.2. The van der Waals surface area contributed by atoms with Crippen LogP contribution in [0.1, 0.15) is 80.7 Å². The minimum Gasteiger partial charge on any atom is -0.478 e. The summed E-state index contributed by atoms with van der Waals surface area (Å²) in [6, 6.07) is 5.51. The maximum atomic E-state index is 13.0. The Morgan fingerprint density at radius 1 is 1.15 bits per heavy atom. The summed E-state index contributed by atoms with van der Waals surface area (Å²) in [5.41, 5.74) is 0.728. The van der Waals surface area contributed by atoms with E-state index in [1.54, 1.807) is 16.7 Å². The number of H-pyrrole nitrogens is 1. The zero-order valence-electron chi connectivity index (χ0n) is 26.3. The average Bonchev–Trinajstić information content (AvgIpc) is 3.79. The summed E-state index contributed by atoms with van der Waals surface area (Å²) < 4.78 is 30.9. The number of sulfonamides is 1. The minimum absolute atomic E-state index is 0.127. The van der Waals surface area contributed by atoms with Gasteiger partial charge < -0.3 is 19.8 Å². The van der Waals surface area contributed by atoms with Gasteiger partial charge in [0.15, 0.2) is 5.65 Å². The van der Waals surface area contributed by atoms with Crippen molar-refractivity contribution in [2.45, 2.75) is 88.7 Å². The van der Waals surface area contributed by atoms with Crippen molar-refractivity contribution in [3.8, 4) is 0 Å². The summed E-state index contributed by atoms with van der Waals surface area (Å²) in [6.45, 7) is 5.33. The first-order valence-corrected chi connectivity index (χ1v) is 17.9. The summed E-state index contributed by atoms with van der Waals surface area (Å²) >= 11 is 5.84. The highest BCUT2D eigenvalue weighted by atomic mass is 35.5. The number of imidazole rings is 1. The number of carboxylic acids is 1. The molecule has 4 atom stereocenters. The van der Waals surface area contributed by atoms with Crippen molar-refractivity contribution in [2.24, 2.45) is 22.9 Å². The summed E-state index contributed by atoms with van der Waals surface area (Å²) in [5.74, 6) is 2.62. The summed E-state index contributed by atoms with van der Waals surface area (Å²) in [7, 11) is -4.11. The van der Waals surface area contributed by atoms with E-state index in [4.69, 9.17) is 31.2 Å². The molecule has 1 aromatic carbocycles. The molecule has 13 nitrogen and oxygen atoms in total. The molecular weight excluding hydrogens is 648 g/mol. The molecule has 0 aliphatic heterocycles. The molecule has 0 saturated heterocycles. The van der Waals surface area contributed by atoms with Crippen LogP contribution in [0.4, 0.5) is 5.69 Å². The summed E-state index contributed by atoms with van der Waals surface area (Å²) in [6.07, 6.45) is 9.51. The van der Waals surface area contributed by atoms with E-state index in [0.29, 0.717) is 35.9 Å². The van der Waals surface area contributed by atoms with Gasteiger partial charge in [-0.15, -0.1) is 0 Å². The molecular formula is C32H39ClN6O7S. The number of halogens is 1. The Kier molecular flexibility index (Phi) is 8.87. The van der Waals surface area contributed by atoms with Crippen LogP contribution in [0, 0.1) is 17.8 Å². The van der Waals surface area contributed by atoms with Crippen molar-refractivity contribution >= 4 is 44.4 Å². The number of hydrogen-bond donors (Lipinski definition) is 4. The number of aromatic nitrogens is 4. The highest BCUT2D eigenvalue weighted by Gasteiger charge is 2.59. The lowest BCUT2D eigenvalue weighted by atomic mass is 9.75. The van der Waals surface area contributed by atoms with Crippen LogP contribution in [-0.2, 0) is 35.1 Å². The zero-order valence-corrected chi connectivity index (χ0v) is 27.9. The molecule has 3 aromatic heterocycles. The molecule has 4 bridgehead atoms. The van der Waals surface area contributed by atoms with Crippen LogP contribution >= 0.6 is 11.6 Å². The van der Waals surface area contributed by atoms with Crippen molar-refractivity contribution < 1.29 is 22.7 Å². The highest BCUT2D eigenvalue weighted by Crippen LogP contribution is 2.65. The van der Waals surface area contributed by atoms with Crippen LogP contribution in [0.2, 0.25) is 5.02 Å². The fourth-order valence-corrected chi connectivity index (χ4v) is 9.22. The fourth-order valence-electron chi connectivity index (χ4n) is 8.12. The number of anilines is 1. The number of nitrogens with zero attached hydrogens (tertiary/aromatic N) is 3. The second-order valence-electron chi connectivity index (χ2n) is 13.0. The van der Waals surface area contributed by atoms with Crippen LogP contribution in [0.25, 0.3) is 11.2 Å². The van der Waals surface area contributed by atoms with E-state index in [9.17, 15) is 22.8 Å². The number of aryl methyl sites for hydroxylation is 1. The van der Waals surface area contributed by atoms with Crippen LogP contribution in [0.5, 0.6) is 0 Å². The molecule has 4 aromatic rings. The largest absolute Gasteiger partial charge is 0.478 e. The molecule has 4 aliphatic carbocycles. The maximum Gasteiger partial charge on any atom is 0.337 e. The van der Waals surface area contributed by atoms with Gasteiger partial charge in [-0.05, 0) is 87.0 Å². The van der Waals surface area contributed by atoms with E-state index >= 15 is 0 Å². The van der Waals surface area contributed by atoms with Gasteiger partial charge >= 0.3 is 11.7 Å². The maximum absolute atomic E-state index is 13.0. The average molecular weight is 687 g/mol. The molecule has 0 spiro atoms. The number of fused-ring (bicyclic) bond motifs is 1. The number of aromatic carboxylic acids is 1. The van der Waals surface area contributed by atoms with E-state index in [1.807, 2.05) is 6.92 Å². The van der Waals surface area contributed by atoms with Crippen molar-refractivity contribution in [1.82, 2.24) is 19.1 Å². The van der Waals surface area contributed by atoms with Crippen molar-refractivity contribution in [2.75, 3.05) is 5.32 Å². The van der Waals surface area contributed by atoms with E-state index < -0.39 is 20.9 Å². The van der Waals surface area contributed by atoms with Gasteiger partial charge in [0.1, 0.15) is 22.0 Å². The number of rotatable bonds is 10. The van der Waals surface area contributed by atoms with Crippen molar-refractivity contribution in [1.29, 1.82) is 0 Å². The zero-order chi connectivity index (χ0) is 33.7. The number of furan rings is 1. The Labute approximate surface area is 276 Å². The van der Waals surface area contributed by atoms with Crippen LogP contribution in [0.15, 0.2) is 49.4 Å². The number of primary sulfonamides is 1. The second kappa shape index (κ2) is 12.6. The van der Waals surface area contributed by atoms with E-state index in [1.165, 1.54) is 49.0 Å². The second-order valence-corrected chi connectivity index (χ2v) is 14.9. The molecule has 4 saturated carbocycles. The normalized spacial score (nSPS) is 22.9. The Morgan fingerprint density at radius 2 is 1.83 bits per heavy atom. The number of carbonyl (C=O) groups is 1. The number of aromatic amines is 1. The number of nitrogens with two attached hydrogens (primary N) is 1. The number of benzene rings is 1. The van der Waals surface area contributed by atoms with Crippen LogP contribution < -0.4 is 21.7 Å². The Bertz CT molecular complexity index is 2040. The molecule has 2 unspecified atom stereocenters. The molecule has 15 heteroatoms. The first-order valence-electron chi connectivity index (χ1n) is 16.0. The van der Waals surface area contributed by atoms with Gasteiger partial charge in [-0.1, -0.05) is 25.4 Å². The minimum atomic E-state index is -4.11. The Hall–Kier alpha value is -3.88. The fraction of sp³-hybridized carbons (Fsp3) is 0.500. The molecule has 4 aliphatic rings. The van der Waals surface area contributed by atoms with Gasteiger partial charge in [-0.25, -0.2) is 28.1 Å². The molecule has 47 heavy (non-hydrogen) atoms. The van der Waals surface area contributed by atoms with Crippen molar-refractivity contribution in [3.63, 3.8) is 0 Å². The molecule has 0 radical (unpaired) electrons. The smallest absolute Gasteiger partial charge is 0.337 e. The van der Waals surface area contributed by atoms with E-state index in [2.05, 4.69) is 17.2 Å². The van der Waals surface area contributed by atoms with Crippen molar-refractivity contribution in [3.05, 3.63) is 73.5 Å². The topological polar surface area (TPSA) is 195 Å². The third-order valence-electron chi connectivity index (χ3n) is 9.86. The molecule has 5 N–H and O–H groups in total. The summed E-state index contributed by atoms with van der Waals surface area (Å²) in [4.78, 5) is 45.0. The van der Waals surface area contributed by atoms with E-state index in [0.717, 1.165) is 36.6 Å². The highest BCUT2D eigenvalue weighted by molar-refractivity contribution is 7.89. The number of nitrogens with one attached hydrogen (secondary N) is 2. The van der Waals surface area contributed by atoms with Gasteiger partial charge in [0, 0.05) is 18.5 Å². The Balaban J connectivity index is 0.000000169. The van der Waals surface area contributed by atoms with Gasteiger partial charge in [-0.3, -0.25) is 13.9 Å². The first-order chi connectivity index (χ1) is 22.4. The summed E-state index contributed by atoms with van der Waals surface area (Å²) in [5, 5.41) is 16.8. The predicted molar refractivity (Wildman–Crippen MR) is 176 cm³/mol. The number of hydrogen-bond acceptors (Lipinski definition) is 8. The lowest BCUT2D eigenvalue weighted by molar-refractivity contribution is 0.0697. The SMILES string of the molecule is CCCn1c(=O)c2[nH]c(C34C[C@@H]5CC3C[C@@H](C5)C4)nc2n(CCC)c1=O.NS(=O)(=O)c1cc(C(=O)O)c(NCc2ccco2)cc1Cl. The number of carboxylic acid groups (broad SMARTS) is 1. The van der Waals surface area contributed by atoms with Gasteiger partial charge in [0.05, 0.1) is 29.1 Å². The standard InChI is InChI=1S/C20H28N4O2.C12H11ClN2O5S/c1-3-5-23-16-15(17(25)24(6-4-2)19(23)26)21-18(22-16)20-10-12-7-13(11-20)9-14(20)8-12;13-9-5-10(15-6-7-2-1-3-20-7)8(12(16)17)4-11(9)21(14,18)19/h12-14H,3-11H2,1-2H3,(H,21,22);1-5,15H,6H2,(H,16,17)(H2,14,18,19)/t12-,13+,14?,20?;. The van der Waals surface area contributed by atoms with Crippen LogP contribution in [-0.4, -0.2) is 38.6 Å².